The number of aromatic nitrogens is 3. The topological polar surface area (TPSA) is 94.8 Å². The molecule has 0 saturated heterocycles. The molecule has 164 valence electrons. The summed E-state index contributed by atoms with van der Waals surface area (Å²) in [6.45, 7) is 3.94. The Morgan fingerprint density at radius 1 is 1.12 bits per heavy atom. The number of hydrogen-bond donors (Lipinski definition) is 1. The molecule has 0 radical (unpaired) electrons. The normalized spacial score (nSPS) is 10.8. The summed E-state index contributed by atoms with van der Waals surface area (Å²) in [5.41, 5.74) is 3.11. The first-order valence-electron chi connectivity index (χ1n) is 9.94. The van der Waals surface area contributed by atoms with Crippen molar-refractivity contribution in [1.82, 2.24) is 19.9 Å². The molecule has 0 saturated carbocycles. The molecule has 1 N–H and O–H groups in total. The Kier molecular flexibility index (Phi) is 6.18. The number of amides is 1. The number of aryl methyl sites for hydroxylation is 2. The van der Waals surface area contributed by atoms with Crippen LogP contribution in [0.2, 0.25) is 0 Å². The Hall–Kier alpha value is -3.72. The van der Waals surface area contributed by atoms with E-state index >= 15 is 0 Å². The predicted molar refractivity (Wildman–Crippen MR) is 122 cm³/mol. The summed E-state index contributed by atoms with van der Waals surface area (Å²) in [5, 5.41) is 7.77. The third-order valence-electron chi connectivity index (χ3n) is 4.79. The summed E-state index contributed by atoms with van der Waals surface area (Å²) < 4.78 is 12.0. The van der Waals surface area contributed by atoms with E-state index in [1.54, 1.807) is 7.11 Å². The molecule has 4 aromatic rings. The van der Waals surface area contributed by atoms with Gasteiger partial charge in [-0.25, -0.2) is 4.98 Å². The standard InChI is InChI=1S/C23H22N4O4S/c1-14-4-9-19(15(2)10-14)31-13-20(28)24-12-17-11-21(29)27-23(25-17)32-22(26-27)16-5-7-18(30-3)8-6-16/h4-11H,12-13H2,1-3H3,(H,24,28). The van der Waals surface area contributed by atoms with Crippen LogP contribution < -0.4 is 20.3 Å². The Morgan fingerprint density at radius 3 is 2.62 bits per heavy atom. The lowest BCUT2D eigenvalue weighted by atomic mass is 10.1. The van der Waals surface area contributed by atoms with Crippen LogP contribution in [0.1, 0.15) is 16.8 Å². The van der Waals surface area contributed by atoms with Gasteiger partial charge in [-0.1, -0.05) is 29.0 Å². The molecule has 32 heavy (non-hydrogen) atoms. The summed E-state index contributed by atoms with van der Waals surface area (Å²) in [4.78, 5) is 29.6. The van der Waals surface area contributed by atoms with Gasteiger partial charge in [-0.15, -0.1) is 0 Å². The highest BCUT2D eigenvalue weighted by molar-refractivity contribution is 7.19. The van der Waals surface area contributed by atoms with Crippen molar-refractivity contribution in [3.63, 3.8) is 0 Å². The Bertz CT molecular complexity index is 1330. The number of nitrogens with one attached hydrogen (secondary N) is 1. The minimum absolute atomic E-state index is 0.118. The zero-order valence-electron chi connectivity index (χ0n) is 17.9. The average molecular weight is 451 g/mol. The van der Waals surface area contributed by atoms with Crippen LogP contribution in [0.25, 0.3) is 15.5 Å². The highest BCUT2D eigenvalue weighted by Gasteiger charge is 2.12. The summed E-state index contributed by atoms with van der Waals surface area (Å²) in [6, 6.07) is 14.6. The first-order valence-corrected chi connectivity index (χ1v) is 10.8. The van der Waals surface area contributed by atoms with Gasteiger partial charge in [-0.05, 0) is 49.7 Å². The fourth-order valence-corrected chi connectivity index (χ4v) is 4.07. The van der Waals surface area contributed by atoms with Gasteiger partial charge in [-0.3, -0.25) is 9.59 Å². The fraction of sp³-hybridized carbons (Fsp3) is 0.217. The second kappa shape index (κ2) is 9.19. The largest absolute Gasteiger partial charge is 0.497 e. The van der Waals surface area contributed by atoms with Gasteiger partial charge in [0.05, 0.1) is 19.3 Å². The maximum Gasteiger partial charge on any atom is 0.275 e. The van der Waals surface area contributed by atoms with Gasteiger partial charge in [-0.2, -0.15) is 9.61 Å². The first-order chi connectivity index (χ1) is 15.4. The maximum atomic E-state index is 12.5. The molecular formula is C23H22N4O4S. The number of carbonyl (C=O) groups excluding carboxylic acids is 1. The van der Waals surface area contributed by atoms with E-state index in [4.69, 9.17) is 9.47 Å². The van der Waals surface area contributed by atoms with Crippen LogP contribution in [-0.4, -0.2) is 34.2 Å². The Morgan fingerprint density at radius 2 is 1.91 bits per heavy atom. The maximum absolute atomic E-state index is 12.5. The Labute approximate surface area is 188 Å². The zero-order chi connectivity index (χ0) is 22.7. The third kappa shape index (κ3) is 4.78. The summed E-state index contributed by atoms with van der Waals surface area (Å²) in [7, 11) is 1.60. The number of nitrogens with zero attached hydrogens (tertiary/aromatic N) is 3. The molecule has 2 heterocycles. The van der Waals surface area contributed by atoms with E-state index in [1.165, 1.54) is 21.9 Å². The van der Waals surface area contributed by atoms with Gasteiger partial charge < -0.3 is 14.8 Å². The van der Waals surface area contributed by atoms with Crippen LogP contribution >= 0.6 is 11.3 Å². The van der Waals surface area contributed by atoms with Crippen LogP contribution in [0.5, 0.6) is 11.5 Å². The van der Waals surface area contributed by atoms with Crippen LogP contribution in [-0.2, 0) is 11.3 Å². The molecule has 0 aliphatic heterocycles. The molecule has 0 aliphatic rings. The molecule has 0 spiro atoms. The monoisotopic (exact) mass is 450 g/mol. The zero-order valence-corrected chi connectivity index (χ0v) is 18.7. The van der Waals surface area contributed by atoms with E-state index in [1.807, 2.05) is 56.3 Å². The van der Waals surface area contributed by atoms with Crippen molar-refractivity contribution in [3.05, 3.63) is 75.7 Å². The quantitative estimate of drug-likeness (QED) is 0.465. The predicted octanol–water partition coefficient (Wildman–Crippen LogP) is 3.14. The minimum Gasteiger partial charge on any atom is -0.497 e. The molecule has 9 heteroatoms. The van der Waals surface area contributed by atoms with Gasteiger partial charge in [0.15, 0.2) is 6.61 Å². The third-order valence-corrected chi connectivity index (χ3v) is 5.75. The lowest BCUT2D eigenvalue weighted by Gasteiger charge is -2.10. The van der Waals surface area contributed by atoms with Crippen LogP contribution in [0, 0.1) is 13.8 Å². The lowest BCUT2D eigenvalue weighted by molar-refractivity contribution is -0.123. The van der Waals surface area contributed by atoms with E-state index in [0.29, 0.717) is 21.4 Å². The van der Waals surface area contributed by atoms with Crippen LogP contribution in [0.15, 0.2) is 53.3 Å². The second-order valence-corrected chi connectivity index (χ2v) is 8.21. The molecule has 4 rings (SSSR count). The molecule has 0 atom stereocenters. The van der Waals surface area contributed by atoms with Crippen LogP contribution in [0.3, 0.4) is 0 Å². The number of benzene rings is 2. The van der Waals surface area contributed by atoms with Crippen molar-refractivity contribution in [1.29, 1.82) is 0 Å². The number of hydrogen-bond acceptors (Lipinski definition) is 7. The molecule has 1 amide bonds. The number of rotatable bonds is 7. The van der Waals surface area contributed by atoms with Crippen molar-refractivity contribution in [2.24, 2.45) is 0 Å². The van der Waals surface area contributed by atoms with Crippen molar-refractivity contribution in [2.75, 3.05) is 13.7 Å². The number of carbonyl (C=O) groups is 1. The van der Waals surface area contributed by atoms with E-state index in [2.05, 4.69) is 15.4 Å². The van der Waals surface area contributed by atoms with Gasteiger partial charge in [0.2, 0.25) is 4.96 Å². The van der Waals surface area contributed by atoms with Gasteiger partial charge in [0.25, 0.3) is 11.5 Å². The van der Waals surface area contributed by atoms with Gasteiger partial charge in [0, 0.05) is 11.6 Å². The smallest absolute Gasteiger partial charge is 0.275 e. The Balaban J connectivity index is 1.42. The first kappa shape index (κ1) is 21.5. The second-order valence-electron chi connectivity index (χ2n) is 7.25. The molecule has 0 fully saturated rings. The summed E-state index contributed by atoms with van der Waals surface area (Å²) >= 11 is 1.30. The SMILES string of the molecule is COc1ccc(-c2nn3c(=O)cc(CNC(=O)COc4ccc(C)cc4C)nc3s2)cc1. The minimum atomic E-state index is -0.304. The van der Waals surface area contributed by atoms with Crippen molar-refractivity contribution in [3.8, 4) is 22.1 Å². The molecule has 0 bridgehead atoms. The molecule has 0 aliphatic carbocycles. The van der Waals surface area contributed by atoms with E-state index in [9.17, 15) is 9.59 Å². The number of methoxy groups -OCH3 is 1. The highest BCUT2D eigenvalue weighted by atomic mass is 32.1. The lowest BCUT2D eigenvalue weighted by Crippen LogP contribution is -2.29. The summed E-state index contributed by atoms with van der Waals surface area (Å²) in [6.07, 6.45) is 0. The highest BCUT2D eigenvalue weighted by Crippen LogP contribution is 2.26. The van der Waals surface area contributed by atoms with Gasteiger partial charge >= 0.3 is 0 Å². The van der Waals surface area contributed by atoms with Crippen molar-refractivity contribution >= 4 is 22.2 Å². The molecule has 0 unspecified atom stereocenters. The average Bonchev–Trinajstić information content (AvgIpc) is 3.22. The number of fused-ring (bicyclic) bond motifs is 1. The van der Waals surface area contributed by atoms with Gasteiger partial charge in [0.1, 0.15) is 16.5 Å². The van der Waals surface area contributed by atoms with E-state index in [-0.39, 0.29) is 24.6 Å². The van der Waals surface area contributed by atoms with Crippen molar-refractivity contribution in [2.45, 2.75) is 20.4 Å². The van der Waals surface area contributed by atoms with Crippen molar-refractivity contribution < 1.29 is 14.3 Å². The van der Waals surface area contributed by atoms with E-state index in [0.717, 1.165) is 22.4 Å². The fourth-order valence-electron chi connectivity index (χ4n) is 3.14. The number of ether oxygens (including phenoxy) is 2. The molecule has 2 aromatic heterocycles. The summed E-state index contributed by atoms with van der Waals surface area (Å²) in [5.74, 6) is 1.11. The molecule has 2 aromatic carbocycles. The molecular weight excluding hydrogens is 428 g/mol. The van der Waals surface area contributed by atoms with Crippen LogP contribution in [0.4, 0.5) is 0 Å². The molecule has 8 nitrogen and oxygen atoms in total. The van der Waals surface area contributed by atoms with E-state index < -0.39 is 0 Å².